The highest BCUT2D eigenvalue weighted by Gasteiger charge is 2.30. The number of hydrogen-bond donors (Lipinski definition) is 2. The number of hydrogen-bond acceptors (Lipinski definition) is 5. The minimum absolute atomic E-state index is 0.0285. The standard InChI is InChI=1S/C13H16N4O4S/c1-2-7-14-13(19)16-12(18)8-17-9-15-10-5-3-4-6-11(10)22(17,20)21/h3-6,9H,2,7-8H2,1H3,(H2,14,16,18,19). The van der Waals surface area contributed by atoms with E-state index in [1.54, 1.807) is 18.2 Å². The quantitative estimate of drug-likeness (QED) is 0.845. The van der Waals surface area contributed by atoms with Crippen LogP contribution in [0.4, 0.5) is 10.5 Å². The van der Waals surface area contributed by atoms with Gasteiger partial charge in [-0.15, -0.1) is 0 Å². The van der Waals surface area contributed by atoms with E-state index in [2.05, 4.69) is 15.6 Å². The predicted octanol–water partition coefficient (Wildman–Crippen LogP) is 0.587. The molecular weight excluding hydrogens is 308 g/mol. The van der Waals surface area contributed by atoms with E-state index in [1.807, 2.05) is 6.92 Å². The molecule has 1 aromatic carbocycles. The Balaban J connectivity index is 2.06. The lowest BCUT2D eigenvalue weighted by molar-refractivity contribution is -0.119. The van der Waals surface area contributed by atoms with E-state index in [0.29, 0.717) is 12.2 Å². The number of aliphatic imine (C=N–C) groups is 1. The van der Waals surface area contributed by atoms with Crippen molar-refractivity contribution in [3.63, 3.8) is 0 Å². The number of urea groups is 1. The fraction of sp³-hybridized carbons (Fsp3) is 0.308. The summed E-state index contributed by atoms with van der Waals surface area (Å²) in [6.45, 7) is 1.78. The molecule has 9 heteroatoms. The minimum Gasteiger partial charge on any atom is -0.338 e. The minimum atomic E-state index is -3.84. The molecule has 0 aliphatic carbocycles. The largest absolute Gasteiger partial charge is 0.338 e. The molecule has 8 nitrogen and oxygen atoms in total. The van der Waals surface area contributed by atoms with Gasteiger partial charge >= 0.3 is 6.03 Å². The van der Waals surface area contributed by atoms with Crippen molar-refractivity contribution in [1.82, 2.24) is 14.9 Å². The first-order valence-corrected chi connectivity index (χ1v) is 8.12. The van der Waals surface area contributed by atoms with E-state index in [9.17, 15) is 18.0 Å². The maximum Gasteiger partial charge on any atom is 0.321 e. The zero-order chi connectivity index (χ0) is 16.2. The Morgan fingerprint density at radius 3 is 2.73 bits per heavy atom. The maximum absolute atomic E-state index is 12.4. The summed E-state index contributed by atoms with van der Waals surface area (Å²) in [4.78, 5) is 27.1. The summed E-state index contributed by atoms with van der Waals surface area (Å²) in [5.41, 5.74) is 0.319. The van der Waals surface area contributed by atoms with Crippen molar-refractivity contribution in [2.75, 3.05) is 13.1 Å². The van der Waals surface area contributed by atoms with Crippen molar-refractivity contribution >= 4 is 34.0 Å². The number of fused-ring (bicyclic) bond motifs is 1. The molecule has 1 heterocycles. The normalized spacial score (nSPS) is 15.0. The molecule has 0 bridgehead atoms. The van der Waals surface area contributed by atoms with Gasteiger partial charge < -0.3 is 5.32 Å². The van der Waals surface area contributed by atoms with Gasteiger partial charge in [-0.3, -0.25) is 10.1 Å². The van der Waals surface area contributed by atoms with Crippen LogP contribution in [-0.2, 0) is 14.8 Å². The van der Waals surface area contributed by atoms with Gasteiger partial charge in [-0.25, -0.2) is 22.5 Å². The molecule has 0 fully saturated rings. The average Bonchev–Trinajstić information content (AvgIpc) is 2.48. The zero-order valence-corrected chi connectivity index (χ0v) is 12.8. The Hall–Kier alpha value is -2.42. The number of nitrogens with one attached hydrogen (secondary N) is 2. The summed E-state index contributed by atoms with van der Waals surface area (Å²) in [6.07, 6.45) is 1.80. The van der Waals surface area contributed by atoms with E-state index in [0.717, 1.165) is 17.1 Å². The molecule has 1 aliphatic heterocycles. The van der Waals surface area contributed by atoms with E-state index in [-0.39, 0.29) is 4.90 Å². The van der Waals surface area contributed by atoms with Crippen LogP contribution in [0.1, 0.15) is 13.3 Å². The van der Waals surface area contributed by atoms with Gasteiger partial charge in [0.05, 0.1) is 5.69 Å². The van der Waals surface area contributed by atoms with E-state index in [4.69, 9.17) is 0 Å². The second kappa shape index (κ2) is 6.56. The summed E-state index contributed by atoms with van der Waals surface area (Å²) >= 11 is 0. The molecule has 1 aromatic rings. The highest BCUT2D eigenvalue weighted by molar-refractivity contribution is 7.89. The SMILES string of the molecule is CCCNC(=O)NC(=O)CN1C=Nc2ccccc2S1(=O)=O. The summed E-state index contributed by atoms with van der Waals surface area (Å²) in [5.74, 6) is -0.733. The van der Waals surface area contributed by atoms with Crippen LogP contribution in [-0.4, -0.2) is 44.1 Å². The maximum atomic E-state index is 12.4. The van der Waals surface area contributed by atoms with E-state index >= 15 is 0 Å². The van der Waals surface area contributed by atoms with Crippen LogP contribution in [0, 0.1) is 0 Å². The second-order valence-corrected chi connectivity index (χ2v) is 6.43. The lowest BCUT2D eigenvalue weighted by Crippen LogP contribution is -2.46. The van der Waals surface area contributed by atoms with Crippen molar-refractivity contribution in [3.05, 3.63) is 24.3 Å². The van der Waals surface area contributed by atoms with Crippen molar-refractivity contribution < 1.29 is 18.0 Å². The van der Waals surface area contributed by atoms with Crippen molar-refractivity contribution in [3.8, 4) is 0 Å². The number of para-hydroxylation sites is 1. The van der Waals surface area contributed by atoms with Gasteiger partial charge in [0, 0.05) is 6.54 Å². The molecule has 2 N–H and O–H groups in total. The van der Waals surface area contributed by atoms with Crippen LogP contribution in [0.25, 0.3) is 0 Å². The fourth-order valence-corrected chi connectivity index (χ4v) is 3.16. The molecule has 0 spiro atoms. The molecule has 0 saturated heterocycles. The van der Waals surface area contributed by atoms with Gasteiger partial charge in [0.15, 0.2) is 0 Å². The third-order valence-electron chi connectivity index (χ3n) is 2.87. The fourth-order valence-electron chi connectivity index (χ4n) is 1.81. The molecule has 1 aliphatic rings. The van der Waals surface area contributed by atoms with Gasteiger partial charge in [-0.05, 0) is 18.6 Å². The van der Waals surface area contributed by atoms with Gasteiger partial charge in [0.2, 0.25) is 5.91 Å². The summed E-state index contributed by atoms with van der Waals surface area (Å²) in [7, 11) is -3.84. The highest BCUT2D eigenvalue weighted by Crippen LogP contribution is 2.29. The van der Waals surface area contributed by atoms with E-state index in [1.165, 1.54) is 6.07 Å². The zero-order valence-electron chi connectivity index (χ0n) is 11.9. The van der Waals surface area contributed by atoms with Crippen molar-refractivity contribution in [2.45, 2.75) is 18.2 Å². The van der Waals surface area contributed by atoms with Gasteiger partial charge in [0.1, 0.15) is 17.8 Å². The summed E-state index contributed by atoms with van der Waals surface area (Å²) in [6, 6.07) is 5.58. The van der Waals surface area contributed by atoms with Crippen LogP contribution >= 0.6 is 0 Å². The topological polar surface area (TPSA) is 108 Å². The first-order valence-electron chi connectivity index (χ1n) is 6.68. The smallest absolute Gasteiger partial charge is 0.321 e. The monoisotopic (exact) mass is 324 g/mol. The number of benzene rings is 1. The number of rotatable bonds is 4. The van der Waals surface area contributed by atoms with Crippen LogP contribution in [0.15, 0.2) is 34.2 Å². The Morgan fingerprint density at radius 1 is 1.27 bits per heavy atom. The molecule has 3 amide bonds. The van der Waals surface area contributed by atoms with Gasteiger partial charge in [-0.2, -0.15) is 0 Å². The third kappa shape index (κ3) is 3.42. The summed E-state index contributed by atoms with van der Waals surface area (Å²) in [5, 5.41) is 4.53. The van der Waals surface area contributed by atoms with Crippen LogP contribution < -0.4 is 10.6 Å². The highest BCUT2D eigenvalue weighted by atomic mass is 32.2. The second-order valence-electron chi connectivity index (χ2n) is 4.57. The van der Waals surface area contributed by atoms with E-state index < -0.39 is 28.5 Å². The molecule has 22 heavy (non-hydrogen) atoms. The molecule has 0 aromatic heterocycles. The molecule has 2 rings (SSSR count). The molecular formula is C13H16N4O4S. The Labute approximate surface area is 128 Å². The Bertz CT molecular complexity index is 715. The first kappa shape index (κ1) is 16.0. The lowest BCUT2D eigenvalue weighted by atomic mass is 10.3. The molecule has 0 atom stereocenters. The van der Waals surface area contributed by atoms with Crippen molar-refractivity contribution in [2.24, 2.45) is 4.99 Å². The van der Waals surface area contributed by atoms with Crippen LogP contribution in [0.3, 0.4) is 0 Å². The molecule has 0 unspecified atom stereocenters. The molecule has 0 saturated carbocycles. The number of amides is 3. The van der Waals surface area contributed by atoms with Gasteiger partial charge in [0.25, 0.3) is 10.0 Å². The number of carbonyl (C=O) groups is 2. The lowest BCUT2D eigenvalue weighted by Gasteiger charge is -2.23. The van der Waals surface area contributed by atoms with Crippen LogP contribution in [0.5, 0.6) is 0 Å². The molecule has 0 radical (unpaired) electrons. The first-order chi connectivity index (χ1) is 10.4. The third-order valence-corrected chi connectivity index (χ3v) is 4.61. The van der Waals surface area contributed by atoms with Crippen LogP contribution in [0.2, 0.25) is 0 Å². The Morgan fingerprint density at radius 2 is 2.00 bits per heavy atom. The molecule has 118 valence electrons. The predicted molar refractivity (Wildman–Crippen MR) is 80.3 cm³/mol. The number of sulfonamides is 1. The Kier molecular flexibility index (Phi) is 4.76. The number of imide groups is 1. The summed E-state index contributed by atoms with van der Waals surface area (Å²) < 4.78 is 25.5. The number of carbonyl (C=O) groups excluding carboxylic acids is 2. The van der Waals surface area contributed by atoms with Gasteiger partial charge in [-0.1, -0.05) is 19.1 Å². The van der Waals surface area contributed by atoms with Crippen molar-refractivity contribution in [1.29, 1.82) is 0 Å². The number of nitrogens with zero attached hydrogens (tertiary/aromatic N) is 2. The average molecular weight is 324 g/mol.